The zero-order valence-electron chi connectivity index (χ0n) is 11.1. The highest BCUT2D eigenvalue weighted by Crippen LogP contribution is 2.17. The van der Waals surface area contributed by atoms with Crippen molar-refractivity contribution in [2.24, 2.45) is 0 Å². The van der Waals surface area contributed by atoms with Crippen molar-refractivity contribution in [3.05, 3.63) is 22.7 Å². The van der Waals surface area contributed by atoms with Crippen molar-refractivity contribution in [2.75, 3.05) is 20.0 Å². The highest BCUT2D eigenvalue weighted by Gasteiger charge is 2.18. The predicted molar refractivity (Wildman–Crippen MR) is 69.3 cm³/mol. The second-order valence-electron chi connectivity index (χ2n) is 4.11. The predicted octanol–water partition coefficient (Wildman–Crippen LogP) is 1.18. The molecule has 0 bridgehead atoms. The standard InChI is InChI=1S/C12H21N3O3/c1-4-5-9(17-2)8-11(18-3)15-7-6-10(13)14-12(15)16/h6-7,9,11H,4-5,8H2,1-3H3,(H2,13,14,16)/t9?,11-/m1/s1. The van der Waals surface area contributed by atoms with Gasteiger partial charge in [0.2, 0.25) is 0 Å². The number of nitrogens with two attached hydrogens (primary N) is 1. The van der Waals surface area contributed by atoms with E-state index in [4.69, 9.17) is 15.2 Å². The van der Waals surface area contributed by atoms with E-state index in [0.29, 0.717) is 6.42 Å². The summed E-state index contributed by atoms with van der Waals surface area (Å²) in [6.45, 7) is 2.09. The molecule has 1 aromatic heterocycles. The first-order valence-electron chi connectivity index (χ1n) is 6.02. The zero-order valence-corrected chi connectivity index (χ0v) is 11.1. The van der Waals surface area contributed by atoms with E-state index in [9.17, 15) is 4.79 Å². The van der Waals surface area contributed by atoms with Gasteiger partial charge in [-0.3, -0.25) is 4.57 Å². The van der Waals surface area contributed by atoms with Gasteiger partial charge >= 0.3 is 5.69 Å². The zero-order chi connectivity index (χ0) is 13.5. The van der Waals surface area contributed by atoms with Crippen LogP contribution in [0.4, 0.5) is 5.82 Å². The molecule has 2 N–H and O–H groups in total. The molecule has 0 spiro atoms. The van der Waals surface area contributed by atoms with E-state index in [1.807, 2.05) is 0 Å². The lowest BCUT2D eigenvalue weighted by molar-refractivity contribution is -0.0200. The summed E-state index contributed by atoms with van der Waals surface area (Å²) in [6, 6.07) is 1.58. The Hall–Kier alpha value is -1.40. The Bertz CT molecular complexity index is 419. The molecule has 102 valence electrons. The Kier molecular flexibility index (Phi) is 5.80. The van der Waals surface area contributed by atoms with Gasteiger partial charge in [0.1, 0.15) is 12.0 Å². The third-order valence-corrected chi connectivity index (χ3v) is 2.84. The van der Waals surface area contributed by atoms with Crippen molar-refractivity contribution in [3.63, 3.8) is 0 Å². The number of rotatable bonds is 7. The molecule has 6 heteroatoms. The van der Waals surface area contributed by atoms with Crippen LogP contribution in [-0.4, -0.2) is 29.9 Å². The highest BCUT2D eigenvalue weighted by molar-refractivity contribution is 5.23. The molecule has 0 aliphatic rings. The fraction of sp³-hybridized carbons (Fsp3) is 0.667. The van der Waals surface area contributed by atoms with Gasteiger partial charge in [-0.2, -0.15) is 4.98 Å². The first-order valence-corrected chi connectivity index (χ1v) is 6.02. The van der Waals surface area contributed by atoms with Gasteiger partial charge in [0, 0.05) is 26.8 Å². The van der Waals surface area contributed by atoms with E-state index in [-0.39, 0.29) is 18.1 Å². The molecule has 1 aromatic rings. The number of anilines is 1. The van der Waals surface area contributed by atoms with Gasteiger partial charge in [-0.1, -0.05) is 13.3 Å². The summed E-state index contributed by atoms with van der Waals surface area (Å²) in [5.41, 5.74) is 5.05. The van der Waals surface area contributed by atoms with Gasteiger partial charge in [0.15, 0.2) is 0 Å². The van der Waals surface area contributed by atoms with Crippen molar-refractivity contribution in [1.29, 1.82) is 0 Å². The number of hydrogen-bond donors (Lipinski definition) is 1. The minimum atomic E-state index is -0.409. The van der Waals surface area contributed by atoms with Crippen molar-refractivity contribution < 1.29 is 9.47 Å². The third kappa shape index (κ3) is 3.82. The summed E-state index contributed by atoms with van der Waals surface area (Å²) in [7, 11) is 3.23. The minimum absolute atomic E-state index is 0.0596. The lowest BCUT2D eigenvalue weighted by Crippen LogP contribution is -2.30. The van der Waals surface area contributed by atoms with Gasteiger partial charge in [-0.05, 0) is 12.5 Å². The minimum Gasteiger partial charge on any atom is -0.383 e. The van der Waals surface area contributed by atoms with Crippen LogP contribution in [0.5, 0.6) is 0 Å². The smallest absolute Gasteiger partial charge is 0.351 e. The van der Waals surface area contributed by atoms with Crippen LogP contribution in [0.25, 0.3) is 0 Å². The van der Waals surface area contributed by atoms with E-state index >= 15 is 0 Å². The van der Waals surface area contributed by atoms with Gasteiger partial charge in [0.25, 0.3) is 0 Å². The molecule has 0 amide bonds. The van der Waals surface area contributed by atoms with E-state index in [1.165, 1.54) is 4.57 Å². The van der Waals surface area contributed by atoms with Crippen molar-refractivity contribution in [2.45, 2.75) is 38.5 Å². The summed E-state index contributed by atoms with van der Waals surface area (Å²) < 4.78 is 12.1. The highest BCUT2D eigenvalue weighted by atomic mass is 16.5. The molecule has 6 nitrogen and oxygen atoms in total. The van der Waals surface area contributed by atoms with Crippen LogP contribution < -0.4 is 11.4 Å². The van der Waals surface area contributed by atoms with Crippen LogP contribution in [-0.2, 0) is 9.47 Å². The first kappa shape index (κ1) is 14.7. The molecule has 18 heavy (non-hydrogen) atoms. The molecule has 0 saturated heterocycles. The molecule has 0 fully saturated rings. The largest absolute Gasteiger partial charge is 0.383 e. The molecule has 1 heterocycles. The van der Waals surface area contributed by atoms with Crippen molar-refractivity contribution >= 4 is 5.82 Å². The Morgan fingerprint density at radius 3 is 2.67 bits per heavy atom. The van der Waals surface area contributed by atoms with E-state index < -0.39 is 5.69 Å². The molecule has 2 atom stereocenters. The normalized spacial score (nSPS) is 14.4. The average Bonchev–Trinajstić information content (AvgIpc) is 2.35. The maximum absolute atomic E-state index is 11.7. The second-order valence-corrected chi connectivity index (χ2v) is 4.11. The molecule has 1 rings (SSSR count). The molecule has 1 unspecified atom stereocenters. The Morgan fingerprint density at radius 1 is 1.44 bits per heavy atom. The van der Waals surface area contributed by atoms with Crippen molar-refractivity contribution in [1.82, 2.24) is 9.55 Å². The summed E-state index contributed by atoms with van der Waals surface area (Å²) in [6.07, 6.45) is 3.81. The number of aromatic nitrogens is 2. The number of hydrogen-bond acceptors (Lipinski definition) is 5. The molecule has 0 saturated carbocycles. The Balaban J connectivity index is 2.85. The third-order valence-electron chi connectivity index (χ3n) is 2.84. The van der Waals surface area contributed by atoms with E-state index in [2.05, 4.69) is 11.9 Å². The topological polar surface area (TPSA) is 79.4 Å². The quantitative estimate of drug-likeness (QED) is 0.791. The number of nitrogens with zero attached hydrogens (tertiary/aromatic N) is 2. The molecule has 0 aliphatic heterocycles. The number of nitrogen functional groups attached to an aromatic ring is 1. The van der Waals surface area contributed by atoms with Crippen LogP contribution in [0.3, 0.4) is 0 Å². The molecular formula is C12H21N3O3. The summed E-state index contributed by atoms with van der Waals surface area (Å²) >= 11 is 0. The fourth-order valence-electron chi connectivity index (χ4n) is 1.85. The SMILES string of the molecule is CCCC(C[C@@H](OC)n1ccc(N)nc1=O)OC. The van der Waals surface area contributed by atoms with E-state index in [0.717, 1.165) is 12.8 Å². The van der Waals surface area contributed by atoms with Gasteiger partial charge < -0.3 is 15.2 Å². The van der Waals surface area contributed by atoms with Crippen LogP contribution >= 0.6 is 0 Å². The monoisotopic (exact) mass is 255 g/mol. The number of ether oxygens (including phenoxy) is 2. The summed E-state index contributed by atoms with van der Waals surface area (Å²) in [5, 5.41) is 0. The van der Waals surface area contributed by atoms with Gasteiger partial charge in [-0.25, -0.2) is 4.79 Å². The van der Waals surface area contributed by atoms with Crippen LogP contribution in [0.2, 0.25) is 0 Å². The molecule has 0 aromatic carbocycles. The van der Waals surface area contributed by atoms with Gasteiger partial charge in [0.05, 0.1) is 6.10 Å². The summed E-state index contributed by atoms with van der Waals surface area (Å²) in [4.78, 5) is 15.4. The fourth-order valence-corrected chi connectivity index (χ4v) is 1.85. The van der Waals surface area contributed by atoms with Crippen LogP contribution in [0.15, 0.2) is 17.1 Å². The van der Waals surface area contributed by atoms with E-state index in [1.54, 1.807) is 26.5 Å². The lowest BCUT2D eigenvalue weighted by Gasteiger charge is -2.22. The van der Waals surface area contributed by atoms with Crippen LogP contribution in [0, 0.1) is 0 Å². The maximum Gasteiger partial charge on any atom is 0.351 e. The lowest BCUT2D eigenvalue weighted by atomic mass is 10.1. The number of methoxy groups -OCH3 is 2. The molecule has 0 aliphatic carbocycles. The maximum atomic E-state index is 11.7. The Labute approximate surface area is 107 Å². The van der Waals surface area contributed by atoms with Gasteiger partial charge in [-0.15, -0.1) is 0 Å². The first-order chi connectivity index (χ1) is 8.62. The van der Waals surface area contributed by atoms with Crippen molar-refractivity contribution in [3.8, 4) is 0 Å². The Morgan fingerprint density at radius 2 is 2.17 bits per heavy atom. The summed E-state index contributed by atoms with van der Waals surface area (Å²) in [5.74, 6) is 0.211. The van der Waals surface area contributed by atoms with Crippen LogP contribution in [0.1, 0.15) is 32.4 Å². The molecule has 0 radical (unpaired) electrons. The molecular weight excluding hydrogens is 234 g/mol. The average molecular weight is 255 g/mol. The second kappa shape index (κ2) is 7.13.